The second kappa shape index (κ2) is 6.17. The first-order valence-corrected chi connectivity index (χ1v) is 7.33. The van der Waals surface area contributed by atoms with E-state index in [-0.39, 0.29) is 10.8 Å². The molecular formula is C11H15ClN2O3S. The summed E-state index contributed by atoms with van der Waals surface area (Å²) in [6.45, 7) is 3.58. The van der Waals surface area contributed by atoms with E-state index in [1.807, 2.05) is 0 Å². The van der Waals surface area contributed by atoms with Crippen molar-refractivity contribution in [2.75, 3.05) is 11.9 Å². The van der Waals surface area contributed by atoms with Crippen molar-refractivity contribution in [3.63, 3.8) is 0 Å². The van der Waals surface area contributed by atoms with Crippen molar-refractivity contribution in [2.24, 2.45) is 0 Å². The predicted molar refractivity (Wildman–Crippen MR) is 71.2 cm³/mol. The van der Waals surface area contributed by atoms with Gasteiger partial charge in [-0.05, 0) is 31.2 Å². The van der Waals surface area contributed by atoms with Gasteiger partial charge in [0.2, 0.25) is 15.9 Å². The smallest absolute Gasteiger partial charge is 0.242 e. The molecule has 0 aliphatic rings. The molecule has 0 spiro atoms. The Morgan fingerprint density at radius 3 is 2.33 bits per heavy atom. The molecule has 2 N–H and O–H groups in total. The number of halogens is 1. The van der Waals surface area contributed by atoms with Crippen LogP contribution < -0.4 is 10.0 Å². The van der Waals surface area contributed by atoms with Crippen LogP contribution in [0.3, 0.4) is 0 Å². The van der Waals surface area contributed by atoms with Gasteiger partial charge in [0.05, 0.1) is 4.90 Å². The topological polar surface area (TPSA) is 75.3 Å². The third-order valence-corrected chi connectivity index (χ3v) is 3.89. The molecule has 1 amide bonds. The van der Waals surface area contributed by atoms with Gasteiger partial charge in [-0.3, -0.25) is 4.79 Å². The number of hydrogen-bond donors (Lipinski definition) is 2. The number of carbonyl (C=O) groups excluding carboxylic acids is 1. The average molecular weight is 291 g/mol. The van der Waals surface area contributed by atoms with Crippen LogP contribution in [-0.4, -0.2) is 26.2 Å². The summed E-state index contributed by atoms with van der Waals surface area (Å²) in [5.74, 6) is -0.334. The number of benzene rings is 1. The molecular weight excluding hydrogens is 276 g/mol. The summed E-state index contributed by atoms with van der Waals surface area (Å²) in [7, 11) is -3.46. The highest BCUT2D eigenvalue weighted by Crippen LogP contribution is 2.14. The lowest BCUT2D eigenvalue weighted by atomic mass is 10.3. The average Bonchev–Trinajstić information content (AvgIpc) is 2.29. The first kappa shape index (κ1) is 14.9. The number of rotatable bonds is 5. The Balaban J connectivity index is 2.84. The van der Waals surface area contributed by atoms with Crippen molar-refractivity contribution in [3.8, 4) is 0 Å². The molecule has 1 aromatic carbocycles. The van der Waals surface area contributed by atoms with E-state index in [1.54, 1.807) is 13.8 Å². The maximum atomic E-state index is 11.7. The van der Waals surface area contributed by atoms with Gasteiger partial charge in [-0.1, -0.05) is 6.92 Å². The molecule has 1 rings (SSSR count). The van der Waals surface area contributed by atoms with Crippen LogP contribution in [0.2, 0.25) is 0 Å². The second-order valence-electron chi connectivity index (χ2n) is 3.63. The van der Waals surface area contributed by atoms with Gasteiger partial charge >= 0.3 is 0 Å². The first-order valence-electron chi connectivity index (χ1n) is 5.41. The van der Waals surface area contributed by atoms with Gasteiger partial charge in [-0.25, -0.2) is 13.1 Å². The van der Waals surface area contributed by atoms with Gasteiger partial charge in [0.1, 0.15) is 5.38 Å². The Labute approximate surface area is 112 Å². The third-order valence-electron chi connectivity index (χ3n) is 2.13. The molecule has 5 nitrogen and oxygen atoms in total. The van der Waals surface area contributed by atoms with E-state index >= 15 is 0 Å². The molecule has 0 radical (unpaired) electrons. The maximum absolute atomic E-state index is 11.7. The Hall–Kier alpha value is -1.11. The van der Waals surface area contributed by atoms with E-state index in [4.69, 9.17) is 11.6 Å². The summed E-state index contributed by atoms with van der Waals surface area (Å²) in [6, 6.07) is 5.88. The third kappa shape index (κ3) is 3.97. The van der Waals surface area contributed by atoms with Crippen molar-refractivity contribution < 1.29 is 13.2 Å². The molecule has 0 aliphatic heterocycles. The number of anilines is 1. The summed E-state index contributed by atoms with van der Waals surface area (Å²) >= 11 is 5.61. The highest BCUT2D eigenvalue weighted by Gasteiger charge is 2.13. The minimum Gasteiger partial charge on any atom is -0.325 e. The Kier molecular flexibility index (Phi) is 5.13. The van der Waals surface area contributed by atoms with Crippen LogP contribution in [0.4, 0.5) is 5.69 Å². The van der Waals surface area contributed by atoms with E-state index in [0.29, 0.717) is 12.2 Å². The molecule has 0 aromatic heterocycles. The Bertz CT molecular complexity index is 512. The molecule has 7 heteroatoms. The quantitative estimate of drug-likeness (QED) is 0.808. The minimum absolute atomic E-state index is 0.154. The first-order chi connectivity index (χ1) is 8.36. The van der Waals surface area contributed by atoms with Crippen LogP contribution in [0.15, 0.2) is 29.2 Å². The second-order valence-corrected chi connectivity index (χ2v) is 6.05. The number of carbonyl (C=O) groups is 1. The lowest BCUT2D eigenvalue weighted by Crippen LogP contribution is -2.23. The minimum atomic E-state index is -3.46. The zero-order valence-electron chi connectivity index (χ0n) is 10.1. The van der Waals surface area contributed by atoms with Gasteiger partial charge < -0.3 is 5.32 Å². The Morgan fingerprint density at radius 1 is 1.33 bits per heavy atom. The Morgan fingerprint density at radius 2 is 1.89 bits per heavy atom. The molecule has 0 aliphatic carbocycles. The van der Waals surface area contributed by atoms with Crippen molar-refractivity contribution in [1.29, 1.82) is 0 Å². The number of nitrogens with one attached hydrogen (secondary N) is 2. The standard InChI is InChI=1S/C11H15ClN2O3S/c1-3-13-18(16,17)10-6-4-9(5-7-10)14-11(15)8(2)12/h4-8,13H,3H2,1-2H3,(H,14,15)/t8-/m0/s1. The van der Waals surface area contributed by atoms with E-state index in [2.05, 4.69) is 10.0 Å². The molecule has 0 bridgehead atoms. The fourth-order valence-electron chi connectivity index (χ4n) is 1.23. The summed E-state index contributed by atoms with van der Waals surface area (Å²) in [5.41, 5.74) is 0.503. The molecule has 1 aromatic rings. The van der Waals surface area contributed by atoms with Crippen LogP contribution in [0.5, 0.6) is 0 Å². The number of amides is 1. The number of hydrogen-bond acceptors (Lipinski definition) is 3. The molecule has 18 heavy (non-hydrogen) atoms. The maximum Gasteiger partial charge on any atom is 0.242 e. The zero-order valence-corrected chi connectivity index (χ0v) is 11.7. The molecule has 0 fully saturated rings. The molecule has 0 heterocycles. The van der Waals surface area contributed by atoms with E-state index in [1.165, 1.54) is 24.3 Å². The highest BCUT2D eigenvalue weighted by atomic mass is 35.5. The van der Waals surface area contributed by atoms with Crippen molar-refractivity contribution in [3.05, 3.63) is 24.3 Å². The van der Waals surface area contributed by atoms with Gasteiger partial charge in [0, 0.05) is 12.2 Å². The fourth-order valence-corrected chi connectivity index (χ4v) is 2.33. The number of sulfonamides is 1. The number of alkyl halides is 1. The molecule has 1 atom stereocenters. The van der Waals surface area contributed by atoms with Gasteiger partial charge in [0.15, 0.2) is 0 Å². The van der Waals surface area contributed by atoms with Crippen LogP contribution >= 0.6 is 11.6 Å². The van der Waals surface area contributed by atoms with Crippen molar-refractivity contribution in [1.82, 2.24) is 4.72 Å². The van der Waals surface area contributed by atoms with E-state index in [9.17, 15) is 13.2 Å². The van der Waals surface area contributed by atoms with E-state index < -0.39 is 15.4 Å². The summed E-state index contributed by atoms with van der Waals surface area (Å²) in [5, 5.41) is 1.92. The van der Waals surface area contributed by atoms with Crippen molar-refractivity contribution >= 4 is 33.2 Å². The van der Waals surface area contributed by atoms with Crippen LogP contribution in [0.1, 0.15) is 13.8 Å². The van der Waals surface area contributed by atoms with E-state index in [0.717, 1.165) is 0 Å². The lowest BCUT2D eigenvalue weighted by molar-refractivity contribution is -0.115. The van der Waals surface area contributed by atoms with Gasteiger partial charge in [-0.2, -0.15) is 0 Å². The van der Waals surface area contributed by atoms with Crippen LogP contribution in [0, 0.1) is 0 Å². The largest absolute Gasteiger partial charge is 0.325 e. The summed E-state index contributed by atoms with van der Waals surface area (Å²) in [6.07, 6.45) is 0. The fraction of sp³-hybridized carbons (Fsp3) is 0.364. The predicted octanol–water partition coefficient (Wildman–Crippen LogP) is 1.55. The van der Waals surface area contributed by atoms with Gasteiger partial charge in [0.25, 0.3) is 0 Å². The van der Waals surface area contributed by atoms with Gasteiger partial charge in [-0.15, -0.1) is 11.6 Å². The normalized spacial score (nSPS) is 13.1. The van der Waals surface area contributed by atoms with Crippen LogP contribution in [-0.2, 0) is 14.8 Å². The monoisotopic (exact) mass is 290 g/mol. The summed E-state index contributed by atoms with van der Waals surface area (Å²) < 4.78 is 25.7. The molecule has 100 valence electrons. The summed E-state index contributed by atoms with van der Waals surface area (Å²) in [4.78, 5) is 11.5. The lowest BCUT2D eigenvalue weighted by Gasteiger charge is -2.08. The molecule has 0 saturated carbocycles. The molecule has 0 unspecified atom stereocenters. The highest BCUT2D eigenvalue weighted by molar-refractivity contribution is 7.89. The molecule has 0 saturated heterocycles. The zero-order chi connectivity index (χ0) is 13.8. The van der Waals surface area contributed by atoms with Crippen LogP contribution in [0.25, 0.3) is 0 Å². The SMILES string of the molecule is CCNS(=O)(=O)c1ccc(NC(=O)[C@H](C)Cl)cc1. The van der Waals surface area contributed by atoms with Crippen molar-refractivity contribution in [2.45, 2.75) is 24.1 Å².